The van der Waals surface area contributed by atoms with Gasteiger partial charge < -0.3 is 23.7 Å². The summed E-state index contributed by atoms with van der Waals surface area (Å²) in [6, 6.07) is 11.7. The summed E-state index contributed by atoms with van der Waals surface area (Å²) >= 11 is 6.11. The first-order chi connectivity index (χ1) is 15.5. The third-order valence-electron chi connectivity index (χ3n) is 5.31. The summed E-state index contributed by atoms with van der Waals surface area (Å²) in [5.74, 6) is -0.560. The molecular weight excluding hydrogens is 438 g/mol. The minimum atomic E-state index is -1.02. The molecule has 1 saturated heterocycles. The summed E-state index contributed by atoms with van der Waals surface area (Å²) < 4.78 is 21.6. The highest BCUT2D eigenvalue weighted by Crippen LogP contribution is 2.45. The Labute approximate surface area is 187 Å². The number of Topliss-reactive ketones (excluding diaryl/α,β-unsaturated/α-hetero) is 1. The first-order valence-electron chi connectivity index (χ1n) is 9.57. The van der Waals surface area contributed by atoms with Gasteiger partial charge in [-0.15, -0.1) is 0 Å². The monoisotopic (exact) mass is 453 g/mol. The van der Waals surface area contributed by atoms with Crippen molar-refractivity contribution < 1.29 is 33.3 Å². The van der Waals surface area contributed by atoms with Gasteiger partial charge >= 0.3 is 0 Å². The molecule has 2 aliphatic heterocycles. The first kappa shape index (κ1) is 20.0. The molecule has 2 aliphatic rings. The third kappa shape index (κ3) is 3.07. The van der Waals surface area contributed by atoms with Gasteiger partial charge in [-0.3, -0.25) is 14.5 Å². The molecule has 3 heterocycles. The maximum Gasteiger partial charge on any atom is 0.300 e. The number of fused-ring (bicyclic) bond motifs is 1. The van der Waals surface area contributed by atoms with Crippen molar-refractivity contribution in [3.8, 4) is 17.2 Å². The van der Waals surface area contributed by atoms with Gasteiger partial charge in [0.25, 0.3) is 11.7 Å². The molecule has 0 spiro atoms. The fourth-order valence-electron chi connectivity index (χ4n) is 3.86. The van der Waals surface area contributed by atoms with Gasteiger partial charge in [-0.2, -0.15) is 0 Å². The van der Waals surface area contributed by atoms with Crippen LogP contribution in [0.2, 0.25) is 5.02 Å². The van der Waals surface area contributed by atoms with Crippen LogP contribution in [-0.2, 0) is 9.59 Å². The predicted octanol–water partition coefficient (Wildman–Crippen LogP) is 4.30. The van der Waals surface area contributed by atoms with Crippen molar-refractivity contribution in [1.82, 2.24) is 0 Å². The van der Waals surface area contributed by atoms with Gasteiger partial charge in [-0.1, -0.05) is 11.6 Å². The van der Waals surface area contributed by atoms with Gasteiger partial charge in [0.15, 0.2) is 11.5 Å². The normalized spacial score (nSPS) is 18.9. The number of halogens is 1. The zero-order valence-corrected chi connectivity index (χ0v) is 17.5. The minimum absolute atomic E-state index is 0.0633. The number of amides is 1. The molecule has 3 aromatic rings. The molecule has 1 atom stereocenters. The van der Waals surface area contributed by atoms with E-state index in [1.54, 1.807) is 42.5 Å². The standard InChI is InChI=1S/C23H16ClNO7/c1-29-15-6-4-12(24)9-14(15)21(26)19-20(17-3-2-8-30-17)25(23(28)22(19)27)13-5-7-16-18(10-13)32-11-31-16/h2-10,20,26H,11H2,1H3/b21-19-. The number of carbonyl (C=O) groups excluding carboxylic acids is 2. The number of nitrogens with zero attached hydrogens (tertiary/aromatic N) is 1. The minimum Gasteiger partial charge on any atom is -0.507 e. The first-order valence-corrected chi connectivity index (χ1v) is 9.95. The fourth-order valence-corrected chi connectivity index (χ4v) is 4.03. The van der Waals surface area contributed by atoms with Gasteiger partial charge in [-0.25, -0.2) is 0 Å². The molecule has 9 heteroatoms. The Hall–Kier alpha value is -3.91. The number of benzene rings is 2. The van der Waals surface area contributed by atoms with Crippen molar-refractivity contribution in [3.05, 3.63) is 76.7 Å². The lowest BCUT2D eigenvalue weighted by molar-refractivity contribution is -0.132. The van der Waals surface area contributed by atoms with Crippen LogP contribution in [0, 0.1) is 0 Å². The molecule has 8 nitrogen and oxygen atoms in total. The fraction of sp³-hybridized carbons (Fsp3) is 0.130. The number of aliphatic hydroxyl groups is 1. The van der Waals surface area contributed by atoms with Gasteiger partial charge in [0.2, 0.25) is 6.79 Å². The smallest absolute Gasteiger partial charge is 0.300 e. The van der Waals surface area contributed by atoms with E-state index in [1.165, 1.54) is 24.3 Å². The van der Waals surface area contributed by atoms with Crippen molar-refractivity contribution in [2.45, 2.75) is 6.04 Å². The number of anilines is 1. The highest BCUT2D eigenvalue weighted by atomic mass is 35.5. The molecule has 2 aromatic carbocycles. The number of ether oxygens (including phenoxy) is 3. The van der Waals surface area contributed by atoms with Crippen molar-refractivity contribution >= 4 is 34.7 Å². The van der Waals surface area contributed by atoms with Crippen LogP contribution in [0.15, 0.2) is 64.8 Å². The lowest BCUT2D eigenvalue weighted by Gasteiger charge is -2.23. The summed E-state index contributed by atoms with van der Waals surface area (Å²) in [5.41, 5.74) is 0.415. The number of aliphatic hydroxyl groups excluding tert-OH is 1. The van der Waals surface area contributed by atoms with E-state index in [-0.39, 0.29) is 17.9 Å². The molecule has 1 fully saturated rings. The van der Waals surface area contributed by atoms with E-state index < -0.39 is 23.5 Å². The molecule has 1 unspecified atom stereocenters. The molecule has 1 aromatic heterocycles. The Bertz CT molecular complexity index is 1270. The van der Waals surface area contributed by atoms with Gasteiger partial charge in [-0.05, 0) is 42.5 Å². The predicted molar refractivity (Wildman–Crippen MR) is 114 cm³/mol. The quantitative estimate of drug-likeness (QED) is 0.357. The lowest BCUT2D eigenvalue weighted by atomic mass is 9.98. The number of methoxy groups -OCH3 is 1. The van der Waals surface area contributed by atoms with Gasteiger partial charge in [0.05, 0.1) is 24.5 Å². The zero-order chi connectivity index (χ0) is 22.4. The second kappa shape index (κ2) is 7.65. The maximum absolute atomic E-state index is 13.1. The number of rotatable bonds is 4. The average molecular weight is 454 g/mol. The number of carbonyl (C=O) groups is 2. The van der Waals surface area contributed by atoms with Crippen LogP contribution in [-0.4, -0.2) is 30.7 Å². The second-order valence-electron chi connectivity index (χ2n) is 7.07. The summed E-state index contributed by atoms with van der Waals surface area (Å²) in [5, 5.41) is 11.5. The van der Waals surface area contributed by atoms with Crippen molar-refractivity contribution in [3.63, 3.8) is 0 Å². The third-order valence-corrected chi connectivity index (χ3v) is 5.54. The highest BCUT2D eigenvalue weighted by molar-refractivity contribution is 6.51. The highest BCUT2D eigenvalue weighted by Gasteiger charge is 2.48. The van der Waals surface area contributed by atoms with Crippen LogP contribution in [0.1, 0.15) is 17.4 Å². The van der Waals surface area contributed by atoms with E-state index in [9.17, 15) is 14.7 Å². The van der Waals surface area contributed by atoms with Gasteiger partial charge in [0.1, 0.15) is 23.3 Å². The lowest BCUT2D eigenvalue weighted by Crippen LogP contribution is -2.29. The molecule has 1 N–H and O–H groups in total. The summed E-state index contributed by atoms with van der Waals surface area (Å²) in [6.07, 6.45) is 1.43. The molecule has 32 heavy (non-hydrogen) atoms. The topological polar surface area (TPSA) is 98.4 Å². The van der Waals surface area contributed by atoms with E-state index in [0.717, 1.165) is 0 Å². The molecular formula is C23H16ClNO7. The molecule has 0 radical (unpaired) electrons. The van der Waals surface area contributed by atoms with E-state index >= 15 is 0 Å². The van der Waals surface area contributed by atoms with Crippen molar-refractivity contribution in [2.75, 3.05) is 18.8 Å². The van der Waals surface area contributed by atoms with E-state index in [0.29, 0.717) is 33.7 Å². The molecule has 0 saturated carbocycles. The number of hydrogen-bond acceptors (Lipinski definition) is 7. The Morgan fingerprint density at radius 3 is 2.69 bits per heavy atom. The van der Waals surface area contributed by atoms with Crippen LogP contribution in [0.3, 0.4) is 0 Å². The molecule has 0 bridgehead atoms. The van der Waals surface area contributed by atoms with Crippen LogP contribution in [0.4, 0.5) is 5.69 Å². The molecule has 1 amide bonds. The molecule has 0 aliphatic carbocycles. The van der Waals surface area contributed by atoms with E-state index in [4.69, 9.17) is 30.2 Å². The Morgan fingerprint density at radius 1 is 1.12 bits per heavy atom. The average Bonchev–Trinajstić information content (AvgIpc) is 3.53. The summed E-state index contributed by atoms with van der Waals surface area (Å²) in [7, 11) is 1.43. The number of ketones is 1. The Morgan fingerprint density at radius 2 is 1.94 bits per heavy atom. The molecule has 5 rings (SSSR count). The van der Waals surface area contributed by atoms with Crippen molar-refractivity contribution in [2.24, 2.45) is 0 Å². The van der Waals surface area contributed by atoms with Crippen molar-refractivity contribution in [1.29, 1.82) is 0 Å². The van der Waals surface area contributed by atoms with Crippen LogP contribution in [0.25, 0.3) is 5.76 Å². The summed E-state index contributed by atoms with van der Waals surface area (Å²) in [6.45, 7) is 0.0633. The Balaban J connectivity index is 1.71. The van der Waals surface area contributed by atoms with Crippen LogP contribution < -0.4 is 19.1 Å². The maximum atomic E-state index is 13.1. The summed E-state index contributed by atoms with van der Waals surface area (Å²) in [4.78, 5) is 27.5. The number of furan rings is 1. The van der Waals surface area contributed by atoms with E-state index in [1.807, 2.05) is 0 Å². The molecule has 162 valence electrons. The van der Waals surface area contributed by atoms with Crippen LogP contribution >= 0.6 is 11.6 Å². The zero-order valence-electron chi connectivity index (χ0n) is 16.7. The second-order valence-corrected chi connectivity index (χ2v) is 7.50. The SMILES string of the molecule is COc1ccc(Cl)cc1/C(O)=C1/C(=O)C(=O)N(c2ccc3c(c2)OCO3)C1c1ccco1. The largest absolute Gasteiger partial charge is 0.507 e. The Kier molecular flexibility index (Phi) is 4.79. The van der Waals surface area contributed by atoms with Gasteiger partial charge in [0, 0.05) is 16.8 Å². The number of hydrogen-bond donors (Lipinski definition) is 1. The van der Waals surface area contributed by atoms with E-state index in [2.05, 4.69) is 0 Å². The van der Waals surface area contributed by atoms with Crippen LogP contribution in [0.5, 0.6) is 17.2 Å².